The summed E-state index contributed by atoms with van der Waals surface area (Å²) >= 11 is 0. The molecule has 4 nitrogen and oxygen atoms in total. The van der Waals surface area contributed by atoms with E-state index in [1.165, 1.54) is 0 Å². The Morgan fingerprint density at radius 2 is 2.17 bits per heavy atom. The quantitative estimate of drug-likeness (QED) is 0.664. The van der Waals surface area contributed by atoms with Crippen LogP contribution in [-0.4, -0.2) is 23.1 Å². The van der Waals surface area contributed by atoms with Gasteiger partial charge in [-0.05, 0) is 19.9 Å². The third-order valence-electron chi connectivity index (χ3n) is 1.42. The zero-order valence-corrected chi connectivity index (χ0v) is 7.16. The Morgan fingerprint density at radius 3 is 2.83 bits per heavy atom. The normalized spacial score (nSPS) is 9.83. The van der Waals surface area contributed by atoms with Crippen LogP contribution in [0.5, 0.6) is 5.88 Å². The molecule has 0 saturated carbocycles. The summed E-state index contributed by atoms with van der Waals surface area (Å²) in [6.07, 6.45) is 4.10. The van der Waals surface area contributed by atoms with Crippen LogP contribution in [0.2, 0.25) is 0 Å². The van der Waals surface area contributed by atoms with Gasteiger partial charge in [0.1, 0.15) is 0 Å². The van der Waals surface area contributed by atoms with Crippen LogP contribution in [0.15, 0.2) is 12.4 Å². The van der Waals surface area contributed by atoms with E-state index in [9.17, 15) is 0 Å². The summed E-state index contributed by atoms with van der Waals surface area (Å²) in [6, 6.07) is 0. The molecule has 0 bridgehead atoms. The lowest BCUT2D eigenvalue weighted by Crippen LogP contribution is -2.07. The molecule has 0 aliphatic carbocycles. The zero-order valence-electron chi connectivity index (χ0n) is 7.16. The highest BCUT2D eigenvalue weighted by Gasteiger charge is 1.98. The van der Waals surface area contributed by atoms with Crippen LogP contribution in [0.4, 0.5) is 0 Å². The molecular weight excluding hydrogens is 154 g/mol. The van der Waals surface area contributed by atoms with Gasteiger partial charge in [0, 0.05) is 12.4 Å². The lowest BCUT2D eigenvalue weighted by molar-refractivity contribution is 0.297. The molecule has 0 atom stereocenters. The van der Waals surface area contributed by atoms with E-state index in [1.54, 1.807) is 12.4 Å². The molecule has 0 fully saturated rings. The number of aryl methyl sites for hydroxylation is 1. The Kier molecular flexibility index (Phi) is 3.47. The van der Waals surface area contributed by atoms with Gasteiger partial charge in [0.15, 0.2) is 0 Å². The fraction of sp³-hybridized carbons (Fsp3) is 0.500. The standard InChI is InChI=1S/C8H13N3O/c1-7-8(11-5-4-10-7)12-6-2-3-9/h4-5H,2-3,6,9H2,1H3. The number of aromatic nitrogens is 2. The molecule has 1 heterocycles. The molecule has 0 radical (unpaired) electrons. The first-order valence-electron chi connectivity index (χ1n) is 3.95. The maximum atomic E-state index is 5.32. The van der Waals surface area contributed by atoms with E-state index in [1.807, 2.05) is 6.92 Å². The van der Waals surface area contributed by atoms with E-state index in [2.05, 4.69) is 9.97 Å². The fourth-order valence-electron chi connectivity index (χ4n) is 0.789. The molecule has 1 aromatic heterocycles. The molecule has 0 spiro atoms. The highest BCUT2D eigenvalue weighted by molar-refractivity contribution is 5.14. The smallest absolute Gasteiger partial charge is 0.235 e. The number of hydrogen-bond acceptors (Lipinski definition) is 4. The van der Waals surface area contributed by atoms with Gasteiger partial charge in [0.2, 0.25) is 5.88 Å². The summed E-state index contributed by atoms with van der Waals surface area (Å²) in [5.41, 5.74) is 6.13. The first-order chi connectivity index (χ1) is 5.84. The topological polar surface area (TPSA) is 61.0 Å². The second kappa shape index (κ2) is 4.66. The number of nitrogens with two attached hydrogens (primary N) is 1. The van der Waals surface area contributed by atoms with Crippen molar-refractivity contribution in [2.45, 2.75) is 13.3 Å². The fourth-order valence-corrected chi connectivity index (χ4v) is 0.789. The minimum Gasteiger partial charge on any atom is -0.476 e. The largest absolute Gasteiger partial charge is 0.476 e. The van der Waals surface area contributed by atoms with Crippen molar-refractivity contribution in [1.82, 2.24) is 9.97 Å². The predicted octanol–water partition coefficient (Wildman–Crippen LogP) is 0.513. The lowest BCUT2D eigenvalue weighted by Gasteiger charge is -2.04. The highest BCUT2D eigenvalue weighted by atomic mass is 16.5. The van der Waals surface area contributed by atoms with Crippen molar-refractivity contribution in [1.29, 1.82) is 0 Å². The molecular formula is C8H13N3O. The van der Waals surface area contributed by atoms with Crippen molar-refractivity contribution < 1.29 is 4.74 Å². The van der Waals surface area contributed by atoms with E-state index in [-0.39, 0.29) is 0 Å². The van der Waals surface area contributed by atoms with Crippen LogP contribution in [0.1, 0.15) is 12.1 Å². The van der Waals surface area contributed by atoms with E-state index >= 15 is 0 Å². The molecule has 0 amide bonds. The monoisotopic (exact) mass is 167 g/mol. The summed E-state index contributed by atoms with van der Waals surface area (Å²) in [5, 5.41) is 0. The summed E-state index contributed by atoms with van der Waals surface area (Å²) in [6.45, 7) is 3.11. The molecule has 0 aliphatic rings. The summed E-state index contributed by atoms with van der Waals surface area (Å²) < 4.78 is 5.32. The van der Waals surface area contributed by atoms with Crippen LogP contribution in [0.3, 0.4) is 0 Å². The zero-order chi connectivity index (χ0) is 8.81. The van der Waals surface area contributed by atoms with Crippen LogP contribution in [-0.2, 0) is 0 Å². The van der Waals surface area contributed by atoms with Crippen molar-refractivity contribution >= 4 is 0 Å². The molecule has 0 saturated heterocycles. The van der Waals surface area contributed by atoms with Gasteiger partial charge < -0.3 is 10.5 Å². The van der Waals surface area contributed by atoms with Crippen molar-refractivity contribution in [2.24, 2.45) is 5.73 Å². The molecule has 12 heavy (non-hydrogen) atoms. The van der Waals surface area contributed by atoms with Gasteiger partial charge in [-0.2, -0.15) is 0 Å². The van der Waals surface area contributed by atoms with Gasteiger partial charge in [-0.15, -0.1) is 0 Å². The maximum absolute atomic E-state index is 5.32. The molecule has 1 aromatic rings. The first kappa shape index (κ1) is 8.93. The van der Waals surface area contributed by atoms with Gasteiger partial charge in [-0.3, -0.25) is 4.98 Å². The SMILES string of the molecule is Cc1nccnc1OCCCN. The second-order valence-corrected chi connectivity index (χ2v) is 2.44. The molecule has 0 aromatic carbocycles. The third-order valence-corrected chi connectivity index (χ3v) is 1.42. The van der Waals surface area contributed by atoms with Crippen molar-refractivity contribution in [2.75, 3.05) is 13.2 Å². The van der Waals surface area contributed by atoms with Crippen molar-refractivity contribution in [3.63, 3.8) is 0 Å². The second-order valence-electron chi connectivity index (χ2n) is 2.44. The van der Waals surface area contributed by atoms with E-state index < -0.39 is 0 Å². The first-order valence-corrected chi connectivity index (χ1v) is 3.95. The number of nitrogens with zero attached hydrogens (tertiary/aromatic N) is 2. The number of hydrogen-bond donors (Lipinski definition) is 1. The Labute approximate surface area is 71.8 Å². The molecule has 66 valence electrons. The Morgan fingerprint density at radius 1 is 1.42 bits per heavy atom. The maximum Gasteiger partial charge on any atom is 0.235 e. The van der Waals surface area contributed by atoms with Crippen LogP contribution >= 0.6 is 0 Å². The van der Waals surface area contributed by atoms with Gasteiger partial charge >= 0.3 is 0 Å². The molecule has 2 N–H and O–H groups in total. The summed E-state index contributed by atoms with van der Waals surface area (Å²) in [4.78, 5) is 8.06. The van der Waals surface area contributed by atoms with E-state index in [0.29, 0.717) is 19.0 Å². The summed E-state index contributed by atoms with van der Waals surface area (Å²) in [7, 11) is 0. The molecule has 4 heteroatoms. The van der Waals surface area contributed by atoms with E-state index in [4.69, 9.17) is 10.5 Å². The van der Waals surface area contributed by atoms with Gasteiger partial charge in [-0.1, -0.05) is 0 Å². The van der Waals surface area contributed by atoms with E-state index in [0.717, 1.165) is 12.1 Å². The minimum atomic E-state index is 0.603. The Bertz CT molecular complexity index is 239. The Hall–Kier alpha value is -1.16. The van der Waals surface area contributed by atoms with Crippen LogP contribution in [0.25, 0.3) is 0 Å². The number of ether oxygens (including phenoxy) is 1. The predicted molar refractivity (Wildman–Crippen MR) is 45.9 cm³/mol. The lowest BCUT2D eigenvalue weighted by atomic mass is 10.4. The average molecular weight is 167 g/mol. The highest BCUT2D eigenvalue weighted by Crippen LogP contribution is 2.08. The van der Waals surface area contributed by atoms with Gasteiger partial charge in [0.25, 0.3) is 0 Å². The third kappa shape index (κ3) is 2.47. The Balaban J connectivity index is 2.46. The van der Waals surface area contributed by atoms with Crippen LogP contribution in [0, 0.1) is 6.92 Å². The van der Waals surface area contributed by atoms with Crippen LogP contribution < -0.4 is 10.5 Å². The molecule has 0 aliphatic heterocycles. The molecule has 0 unspecified atom stereocenters. The van der Waals surface area contributed by atoms with Crippen molar-refractivity contribution in [3.05, 3.63) is 18.1 Å². The van der Waals surface area contributed by atoms with Gasteiger partial charge in [-0.25, -0.2) is 4.98 Å². The average Bonchev–Trinajstić information content (AvgIpc) is 2.09. The molecule has 1 rings (SSSR count). The van der Waals surface area contributed by atoms with Crippen molar-refractivity contribution in [3.8, 4) is 5.88 Å². The van der Waals surface area contributed by atoms with Gasteiger partial charge in [0.05, 0.1) is 12.3 Å². The number of rotatable bonds is 4. The minimum absolute atomic E-state index is 0.603. The summed E-state index contributed by atoms with van der Waals surface area (Å²) in [5.74, 6) is 0.603.